The Morgan fingerprint density at radius 1 is 0.575 bits per heavy atom. The van der Waals surface area contributed by atoms with Gasteiger partial charge in [0.1, 0.15) is 6.10 Å². The molecule has 0 aromatic rings. The predicted molar refractivity (Wildman–Crippen MR) is 173 cm³/mol. The molecule has 0 heterocycles. The zero-order chi connectivity index (χ0) is 29.2. The SMILES string of the molecule is CCCCCCCCC/C=C\CCCCCCCCOCC(CO)OC(=O)CCCCCCCCCCCCC. The minimum Gasteiger partial charge on any atom is -0.457 e. The smallest absolute Gasteiger partial charge is 0.306 e. The van der Waals surface area contributed by atoms with Gasteiger partial charge >= 0.3 is 5.97 Å². The zero-order valence-electron chi connectivity index (χ0n) is 27.1. The summed E-state index contributed by atoms with van der Waals surface area (Å²) < 4.78 is 11.1. The summed E-state index contributed by atoms with van der Waals surface area (Å²) in [4.78, 5) is 12.1. The largest absolute Gasteiger partial charge is 0.457 e. The van der Waals surface area contributed by atoms with Crippen LogP contribution in [0.4, 0.5) is 0 Å². The fourth-order valence-corrected chi connectivity index (χ4v) is 5.15. The summed E-state index contributed by atoms with van der Waals surface area (Å²) >= 11 is 0. The van der Waals surface area contributed by atoms with Gasteiger partial charge in [-0.3, -0.25) is 4.79 Å². The Hall–Kier alpha value is -0.870. The lowest BCUT2D eigenvalue weighted by Crippen LogP contribution is -2.27. The Morgan fingerprint density at radius 2 is 0.975 bits per heavy atom. The van der Waals surface area contributed by atoms with Crippen molar-refractivity contribution >= 4 is 5.97 Å². The highest BCUT2D eigenvalue weighted by Gasteiger charge is 2.13. The predicted octanol–water partition coefficient (Wildman–Crippen LogP) is 11.0. The van der Waals surface area contributed by atoms with Crippen molar-refractivity contribution in [1.82, 2.24) is 0 Å². The first-order chi connectivity index (χ1) is 19.7. The summed E-state index contributed by atoms with van der Waals surface area (Å²) in [5, 5.41) is 9.52. The van der Waals surface area contributed by atoms with Gasteiger partial charge in [-0.1, -0.05) is 154 Å². The second-order valence-electron chi connectivity index (χ2n) is 11.9. The van der Waals surface area contributed by atoms with Crippen LogP contribution in [0.15, 0.2) is 12.2 Å². The van der Waals surface area contributed by atoms with E-state index in [-0.39, 0.29) is 12.6 Å². The van der Waals surface area contributed by atoms with Crippen molar-refractivity contribution in [3.05, 3.63) is 12.2 Å². The number of esters is 1. The van der Waals surface area contributed by atoms with E-state index in [1.807, 2.05) is 0 Å². The summed E-state index contributed by atoms with van der Waals surface area (Å²) in [6, 6.07) is 0. The van der Waals surface area contributed by atoms with Crippen molar-refractivity contribution < 1.29 is 19.4 Å². The lowest BCUT2D eigenvalue weighted by Gasteiger charge is -2.15. The molecule has 238 valence electrons. The highest BCUT2D eigenvalue weighted by molar-refractivity contribution is 5.69. The molecular formula is C36H70O4. The number of aliphatic hydroxyl groups excluding tert-OH is 1. The van der Waals surface area contributed by atoms with E-state index in [0.29, 0.717) is 19.6 Å². The van der Waals surface area contributed by atoms with Gasteiger partial charge in [0.2, 0.25) is 0 Å². The Morgan fingerprint density at radius 3 is 1.43 bits per heavy atom. The van der Waals surface area contributed by atoms with Gasteiger partial charge in [-0.2, -0.15) is 0 Å². The van der Waals surface area contributed by atoms with Gasteiger partial charge in [0.15, 0.2) is 0 Å². The fourth-order valence-electron chi connectivity index (χ4n) is 5.15. The molecule has 0 aliphatic rings. The van der Waals surface area contributed by atoms with Crippen molar-refractivity contribution in [3.8, 4) is 0 Å². The van der Waals surface area contributed by atoms with Crippen molar-refractivity contribution in [2.75, 3.05) is 19.8 Å². The number of aliphatic hydroxyl groups is 1. The summed E-state index contributed by atoms with van der Waals surface area (Å²) in [6.45, 7) is 5.34. The Balaban J connectivity index is 3.41. The molecule has 4 nitrogen and oxygen atoms in total. The topological polar surface area (TPSA) is 55.8 Å². The van der Waals surface area contributed by atoms with Crippen LogP contribution in [0.2, 0.25) is 0 Å². The van der Waals surface area contributed by atoms with E-state index in [0.717, 1.165) is 19.3 Å². The van der Waals surface area contributed by atoms with E-state index in [2.05, 4.69) is 26.0 Å². The number of rotatable bonds is 33. The molecule has 0 amide bonds. The van der Waals surface area contributed by atoms with Gasteiger partial charge in [0, 0.05) is 13.0 Å². The van der Waals surface area contributed by atoms with Crippen molar-refractivity contribution in [2.45, 2.75) is 193 Å². The molecule has 0 saturated carbocycles. The summed E-state index contributed by atoms with van der Waals surface area (Å²) in [6.07, 6.45) is 38.2. The third-order valence-electron chi connectivity index (χ3n) is 7.84. The first kappa shape index (κ1) is 39.1. The monoisotopic (exact) mass is 567 g/mol. The number of unbranched alkanes of at least 4 members (excludes halogenated alkanes) is 23. The Bertz CT molecular complexity index is 519. The first-order valence-electron chi connectivity index (χ1n) is 17.8. The third-order valence-corrected chi connectivity index (χ3v) is 7.84. The van der Waals surface area contributed by atoms with Crippen molar-refractivity contribution in [3.63, 3.8) is 0 Å². The van der Waals surface area contributed by atoms with Gasteiger partial charge in [0.05, 0.1) is 13.2 Å². The number of carbonyl (C=O) groups is 1. The summed E-state index contributed by atoms with van der Waals surface area (Å²) in [5.41, 5.74) is 0. The molecule has 0 aliphatic carbocycles. The number of carbonyl (C=O) groups excluding carboxylic acids is 1. The molecule has 0 rings (SSSR count). The molecule has 0 saturated heterocycles. The highest BCUT2D eigenvalue weighted by Crippen LogP contribution is 2.13. The van der Waals surface area contributed by atoms with Crippen LogP contribution >= 0.6 is 0 Å². The summed E-state index contributed by atoms with van der Waals surface area (Å²) in [5.74, 6) is -0.203. The molecule has 4 heteroatoms. The molecule has 0 bridgehead atoms. The number of hydrogen-bond acceptors (Lipinski definition) is 4. The van der Waals surface area contributed by atoms with Gasteiger partial charge in [-0.25, -0.2) is 0 Å². The number of hydrogen-bond donors (Lipinski definition) is 1. The minimum absolute atomic E-state index is 0.169. The number of ether oxygens (including phenoxy) is 2. The molecule has 1 unspecified atom stereocenters. The van der Waals surface area contributed by atoms with Crippen LogP contribution in [0.5, 0.6) is 0 Å². The zero-order valence-corrected chi connectivity index (χ0v) is 27.1. The Labute approximate surface area is 250 Å². The van der Waals surface area contributed by atoms with Crippen LogP contribution in [0.3, 0.4) is 0 Å². The molecule has 0 spiro atoms. The quantitative estimate of drug-likeness (QED) is 0.0487. The van der Waals surface area contributed by atoms with Gasteiger partial charge < -0.3 is 14.6 Å². The maximum atomic E-state index is 12.1. The standard InChI is InChI=1S/C36H70O4/c1-3-5-7-9-11-13-15-16-17-18-19-20-22-24-26-28-30-32-39-34-35(33-37)40-36(38)31-29-27-25-23-21-14-12-10-8-6-4-2/h17-18,35,37H,3-16,19-34H2,1-2H3/b18-17-. The van der Waals surface area contributed by atoms with Crippen molar-refractivity contribution in [2.24, 2.45) is 0 Å². The second-order valence-corrected chi connectivity index (χ2v) is 11.9. The molecule has 0 radical (unpaired) electrons. The van der Waals surface area contributed by atoms with Gasteiger partial charge in [-0.15, -0.1) is 0 Å². The van der Waals surface area contributed by atoms with E-state index in [1.165, 1.54) is 148 Å². The van der Waals surface area contributed by atoms with Crippen LogP contribution in [-0.2, 0) is 14.3 Å². The van der Waals surface area contributed by atoms with Gasteiger partial charge in [-0.05, 0) is 38.5 Å². The van der Waals surface area contributed by atoms with Crippen LogP contribution in [0, 0.1) is 0 Å². The minimum atomic E-state index is -0.529. The van der Waals surface area contributed by atoms with E-state index >= 15 is 0 Å². The lowest BCUT2D eigenvalue weighted by molar-refractivity contribution is -0.154. The van der Waals surface area contributed by atoms with Crippen LogP contribution in [0.25, 0.3) is 0 Å². The van der Waals surface area contributed by atoms with E-state index in [4.69, 9.17) is 9.47 Å². The van der Waals surface area contributed by atoms with Crippen molar-refractivity contribution in [1.29, 1.82) is 0 Å². The average Bonchev–Trinajstić information content (AvgIpc) is 2.96. The maximum Gasteiger partial charge on any atom is 0.306 e. The second kappa shape index (κ2) is 34.3. The lowest BCUT2D eigenvalue weighted by atomic mass is 10.1. The summed E-state index contributed by atoms with van der Waals surface area (Å²) in [7, 11) is 0. The van der Waals surface area contributed by atoms with E-state index in [9.17, 15) is 9.90 Å². The molecule has 1 atom stereocenters. The van der Waals surface area contributed by atoms with E-state index in [1.54, 1.807) is 0 Å². The molecule has 1 N–H and O–H groups in total. The molecule has 0 aliphatic heterocycles. The van der Waals surface area contributed by atoms with Gasteiger partial charge in [0.25, 0.3) is 0 Å². The van der Waals surface area contributed by atoms with Crippen LogP contribution < -0.4 is 0 Å². The molecule has 40 heavy (non-hydrogen) atoms. The molecular weight excluding hydrogens is 496 g/mol. The Kier molecular flexibility index (Phi) is 33.6. The molecule has 0 fully saturated rings. The van der Waals surface area contributed by atoms with Crippen LogP contribution in [0.1, 0.15) is 187 Å². The average molecular weight is 567 g/mol. The highest BCUT2D eigenvalue weighted by atomic mass is 16.6. The number of allylic oxidation sites excluding steroid dienone is 2. The fraction of sp³-hybridized carbons (Fsp3) is 0.917. The van der Waals surface area contributed by atoms with Crippen LogP contribution in [-0.4, -0.2) is 37.0 Å². The first-order valence-corrected chi connectivity index (χ1v) is 17.8. The molecule has 0 aromatic heterocycles. The maximum absolute atomic E-state index is 12.1. The normalized spacial score (nSPS) is 12.4. The third kappa shape index (κ3) is 31.7. The molecule has 0 aromatic carbocycles. The van der Waals surface area contributed by atoms with E-state index < -0.39 is 6.10 Å².